The number of nitrogens with one attached hydrogen (secondary N) is 1. The van der Waals surface area contributed by atoms with Crippen LogP contribution < -0.4 is 5.73 Å². The summed E-state index contributed by atoms with van der Waals surface area (Å²) in [5.74, 6) is -2.09. The molecule has 3 nitrogen and oxygen atoms in total. The summed E-state index contributed by atoms with van der Waals surface area (Å²) < 4.78 is 41.0. The molecule has 0 aliphatic carbocycles. The van der Waals surface area contributed by atoms with Crippen molar-refractivity contribution >= 4 is 5.82 Å². The van der Waals surface area contributed by atoms with Gasteiger partial charge in [0.15, 0.2) is 11.6 Å². The van der Waals surface area contributed by atoms with Crippen molar-refractivity contribution < 1.29 is 13.2 Å². The smallest absolute Gasteiger partial charge is 0.166 e. The molecular weight excluding hydrogens is 243 g/mol. The number of halogens is 3. The van der Waals surface area contributed by atoms with Crippen LogP contribution >= 0.6 is 0 Å². The molecule has 0 fully saturated rings. The number of alkyl halides is 1. The number of aromatic amines is 1. The summed E-state index contributed by atoms with van der Waals surface area (Å²) in [6, 6.07) is 2.08. The second-order valence-electron chi connectivity index (χ2n) is 4.49. The molecule has 3 N–H and O–H groups in total. The van der Waals surface area contributed by atoms with E-state index in [-0.39, 0.29) is 22.5 Å². The van der Waals surface area contributed by atoms with Crippen molar-refractivity contribution in [3.63, 3.8) is 0 Å². The maximum atomic E-state index is 13.8. The van der Waals surface area contributed by atoms with Crippen molar-refractivity contribution in [2.75, 3.05) is 5.73 Å². The summed E-state index contributed by atoms with van der Waals surface area (Å²) in [6.45, 7) is 2.53. The summed E-state index contributed by atoms with van der Waals surface area (Å²) >= 11 is 0. The molecule has 0 unspecified atom stereocenters. The second-order valence-corrected chi connectivity index (χ2v) is 4.49. The zero-order chi connectivity index (χ0) is 13.5. The number of anilines is 1. The lowest BCUT2D eigenvalue weighted by Gasteiger charge is -2.16. The molecule has 0 saturated carbocycles. The predicted molar refractivity (Wildman–Crippen MR) is 62.5 cm³/mol. The number of nitrogens with two attached hydrogens (primary N) is 1. The summed E-state index contributed by atoms with van der Waals surface area (Å²) in [5, 5.41) is 6.04. The van der Waals surface area contributed by atoms with Crippen LogP contribution in [0.5, 0.6) is 0 Å². The summed E-state index contributed by atoms with van der Waals surface area (Å²) in [7, 11) is 0. The highest BCUT2D eigenvalue weighted by Crippen LogP contribution is 2.33. The first-order valence-electron chi connectivity index (χ1n) is 5.28. The Morgan fingerprint density at radius 1 is 1.22 bits per heavy atom. The first-order valence-corrected chi connectivity index (χ1v) is 5.28. The third-order valence-electron chi connectivity index (χ3n) is 2.67. The number of nitrogen functional groups attached to an aromatic ring is 1. The summed E-state index contributed by atoms with van der Waals surface area (Å²) in [6.07, 6.45) is 1.27. The molecule has 1 heterocycles. The van der Waals surface area contributed by atoms with Gasteiger partial charge in [-0.15, -0.1) is 0 Å². The van der Waals surface area contributed by atoms with Crippen molar-refractivity contribution in [1.82, 2.24) is 10.2 Å². The minimum Gasteiger partial charge on any atom is -0.384 e. The Labute approximate surface area is 102 Å². The van der Waals surface area contributed by atoms with Crippen molar-refractivity contribution in [1.29, 1.82) is 0 Å². The number of benzene rings is 1. The Hall–Kier alpha value is -1.98. The zero-order valence-corrected chi connectivity index (χ0v) is 9.89. The van der Waals surface area contributed by atoms with Crippen LogP contribution in [0.1, 0.15) is 19.4 Å². The topological polar surface area (TPSA) is 54.7 Å². The molecule has 1 aromatic carbocycles. The van der Waals surface area contributed by atoms with Gasteiger partial charge in [-0.05, 0) is 31.5 Å². The molecule has 18 heavy (non-hydrogen) atoms. The second kappa shape index (κ2) is 4.04. The molecule has 0 radical (unpaired) electrons. The number of nitrogens with zero attached hydrogens (tertiary/aromatic N) is 1. The molecule has 2 rings (SSSR count). The molecule has 0 saturated heterocycles. The van der Waals surface area contributed by atoms with Crippen LogP contribution in [0.4, 0.5) is 19.0 Å². The number of H-pyrrole nitrogens is 1. The first kappa shape index (κ1) is 12.5. The Morgan fingerprint density at radius 3 is 2.39 bits per heavy atom. The molecule has 1 aromatic heterocycles. The van der Waals surface area contributed by atoms with Crippen molar-refractivity contribution in [3.8, 4) is 11.1 Å². The van der Waals surface area contributed by atoms with Gasteiger partial charge in [0.05, 0.1) is 6.20 Å². The quantitative estimate of drug-likeness (QED) is 0.866. The lowest BCUT2D eigenvalue weighted by molar-refractivity contribution is 0.220. The average molecular weight is 255 g/mol. The highest BCUT2D eigenvalue weighted by Gasteiger charge is 2.24. The van der Waals surface area contributed by atoms with E-state index in [0.717, 1.165) is 6.07 Å². The Morgan fingerprint density at radius 2 is 1.89 bits per heavy atom. The number of hydrogen-bond donors (Lipinski definition) is 2. The van der Waals surface area contributed by atoms with Gasteiger partial charge in [-0.3, -0.25) is 5.10 Å². The zero-order valence-electron chi connectivity index (χ0n) is 9.89. The van der Waals surface area contributed by atoms with Crippen LogP contribution in [0.25, 0.3) is 11.1 Å². The monoisotopic (exact) mass is 255 g/mol. The fourth-order valence-electron chi connectivity index (χ4n) is 1.64. The normalized spacial score (nSPS) is 11.8. The van der Waals surface area contributed by atoms with Gasteiger partial charge >= 0.3 is 0 Å². The number of rotatable bonds is 2. The fraction of sp³-hybridized carbons (Fsp3) is 0.250. The lowest BCUT2D eigenvalue weighted by Crippen LogP contribution is -2.10. The van der Waals surface area contributed by atoms with Gasteiger partial charge in [0, 0.05) is 11.1 Å². The third kappa shape index (κ3) is 2.05. The van der Waals surface area contributed by atoms with Crippen LogP contribution in [-0.2, 0) is 5.67 Å². The molecular formula is C12H12F3N3. The average Bonchev–Trinajstić information content (AvgIpc) is 2.67. The molecule has 0 aliphatic rings. The van der Waals surface area contributed by atoms with E-state index in [1.54, 1.807) is 0 Å². The summed E-state index contributed by atoms with van der Waals surface area (Å²) in [4.78, 5) is 0. The van der Waals surface area contributed by atoms with Gasteiger partial charge < -0.3 is 5.73 Å². The highest BCUT2D eigenvalue weighted by atomic mass is 19.2. The van der Waals surface area contributed by atoms with Crippen molar-refractivity contribution in [3.05, 3.63) is 35.5 Å². The van der Waals surface area contributed by atoms with E-state index in [2.05, 4.69) is 10.2 Å². The van der Waals surface area contributed by atoms with Crippen LogP contribution in [-0.4, -0.2) is 10.2 Å². The molecule has 0 atom stereocenters. The number of aromatic nitrogens is 2. The first-order chi connectivity index (χ1) is 8.30. The van der Waals surface area contributed by atoms with Crippen LogP contribution in [0.2, 0.25) is 0 Å². The Balaban J connectivity index is 2.68. The van der Waals surface area contributed by atoms with E-state index in [4.69, 9.17) is 5.73 Å². The Kier molecular flexibility index (Phi) is 2.80. The molecule has 2 aromatic rings. The van der Waals surface area contributed by atoms with Crippen LogP contribution in [0, 0.1) is 11.6 Å². The van der Waals surface area contributed by atoms with E-state index in [9.17, 15) is 13.2 Å². The molecule has 0 bridgehead atoms. The molecule has 6 heteroatoms. The standard InChI is InChI=1S/C12H12F3N3/c1-12(2,15)6-3-7(10(14)9(13)4-6)8-5-17-18-11(8)16/h3-5H,1-2H3,(H3,16,17,18). The fourth-order valence-corrected chi connectivity index (χ4v) is 1.64. The molecule has 0 spiro atoms. The summed E-state index contributed by atoms with van der Waals surface area (Å²) in [5.41, 5.74) is 3.91. The van der Waals surface area contributed by atoms with Gasteiger partial charge in [-0.1, -0.05) is 0 Å². The van der Waals surface area contributed by atoms with Gasteiger partial charge in [0.25, 0.3) is 0 Å². The third-order valence-corrected chi connectivity index (χ3v) is 2.67. The largest absolute Gasteiger partial charge is 0.384 e. The molecule has 96 valence electrons. The van der Waals surface area contributed by atoms with Gasteiger partial charge in [-0.25, -0.2) is 13.2 Å². The van der Waals surface area contributed by atoms with E-state index >= 15 is 0 Å². The van der Waals surface area contributed by atoms with E-state index < -0.39 is 17.3 Å². The number of hydrogen-bond acceptors (Lipinski definition) is 2. The van der Waals surface area contributed by atoms with Crippen molar-refractivity contribution in [2.45, 2.75) is 19.5 Å². The van der Waals surface area contributed by atoms with E-state index in [1.165, 1.54) is 26.1 Å². The van der Waals surface area contributed by atoms with Gasteiger partial charge in [0.1, 0.15) is 11.5 Å². The van der Waals surface area contributed by atoms with Crippen molar-refractivity contribution in [2.24, 2.45) is 0 Å². The minimum absolute atomic E-state index is 0.0389. The molecule has 0 aliphatic heterocycles. The van der Waals surface area contributed by atoms with Gasteiger partial charge in [-0.2, -0.15) is 5.10 Å². The Bertz CT molecular complexity index is 585. The lowest BCUT2D eigenvalue weighted by atomic mass is 9.95. The maximum absolute atomic E-state index is 13.8. The SMILES string of the molecule is CC(C)(F)c1cc(F)c(F)c(-c2cn[nH]c2N)c1. The highest BCUT2D eigenvalue weighted by molar-refractivity contribution is 5.74. The van der Waals surface area contributed by atoms with Crippen LogP contribution in [0.3, 0.4) is 0 Å². The minimum atomic E-state index is -1.78. The van der Waals surface area contributed by atoms with E-state index in [0.29, 0.717) is 0 Å². The van der Waals surface area contributed by atoms with Crippen LogP contribution in [0.15, 0.2) is 18.3 Å². The molecule has 0 amide bonds. The van der Waals surface area contributed by atoms with E-state index in [1.807, 2.05) is 0 Å². The maximum Gasteiger partial charge on any atom is 0.166 e. The van der Waals surface area contributed by atoms with Gasteiger partial charge in [0.2, 0.25) is 0 Å². The predicted octanol–water partition coefficient (Wildman–Crippen LogP) is 3.14.